The number of ether oxygens (including phenoxy) is 3. The molecule has 2 aliphatic heterocycles. The van der Waals surface area contributed by atoms with E-state index in [0.29, 0.717) is 55.7 Å². The highest BCUT2D eigenvalue weighted by molar-refractivity contribution is 7.21. The van der Waals surface area contributed by atoms with Crippen LogP contribution in [0.3, 0.4) is 0 Å². The maximum absolute atomic E-state index is 13.3. The molecule has 1 unspecified atom stereocenters. The zero-order valence-corrected chi connectivity index (χ0v) is 20.7. The van der Waals surface area contributed by atoms with E-state index in [-0.39, 0.29) is 24.2 Å². The summed E-state index contributed by atoms with van der Waals surface area (Å²) < 4.78 is 16.2. The third kappa shape index (κ3) is 4.31. The third-order valence-electron chi connectivity index (χ3n) is 6.45. The fourth-order valence-corrected chi connectivity index (χ4v) is 5.58. The number of benzene rings is 1. The van der Waals surface area contributed by atoms with Gasteiger partial charge in [0.05, 0.1) is 32.9 Å². The average Bonchev–Trinajstić information content (AvgIpc) is 3.51. The van der Waals surface area contributed by atoms with Crippen LogP contribution in [0, 0.1) is 5.92 Å². The lowest BCUT2D eigenvalue weighted by Crippen LogP contribution is -2.50. The number of fused-ring (bicyclic) bond motifs is 1. The van der Waals surface area contributed by atoms with Crippen molar-refractivity contribution in [3.63, 3.8) is 0 Å². The van der Waals surface area contributed by atoms with E-state index in [9.17, 15) is 9.59 Å². The molecular formula is C24H27N5O5S. The number of carbonyl (C=O) groups is 2. The minimum absolute atomic E-state index is 0.0129. The monoisotopic (exact) mass is 497 g/mol. The first-order valence-corrected chi connectivity index (χ1v) is 12.2. The Bertz CT molecular complexity index is 1200. The fraction of sp³-hybridized carbons (Fsp3) is 0.417. The Morgan fingerprint density at radius 1 is 1.06 bits per heavy atom. The van der Waals surface area contributed by atoms with Crippen molar-refractivity contribution in [1.82, 2.24) is 14.9 Å². The molecule has 4 heterocycles. The first-order chi connectivity index (χ1) is 17.0. The van der Waals surface area contributed by atoms with Gasteiger partial charge in [-0.2, -0.15) is 0 Å². The molecule has 2 aliphatic rings. The van der Waals surface area contributed by atoms with Gasteiger partial charge in [0.15, 0.2) is 16.6 Å². The van der Waals surface area contributed by atoms with Crippen LogP contribution in [0.2, 0.25) is 0 Å². The van der Waals surface area contributed by atoms with E-state index < -0.39 is 0 Å². The van der Waals surface area contributed by atoms with Crippen molar-refractivity contribution < 1.29 is 23.8 Å². The number of methoxy groups -OCH3 is 3. The number of aromatic nitrogens is 2. The summed E-state index contributed by atoms with van der Waals surface area (Å²) in [7, 11) is 4.59. The van der Waals surface area contributed by atoms with Gasteiger partial charge in [-0.1, -0.05) is 11.3 Å². The molecule has 0 spiro atoms. The molecule has 5 rings (SSSR count). The minimum atomic E-state index is -0.389. The first kappa shape index (κ1) is 23.2. The molecule has 1 aromatic carbocycles. The van der Waals surface area contributed by atoms with E-state index in [1.165, 1.54) is 21.3 Å². The van der Waals surface area contributed by atoms with Crippen molar-refractivity contribution >= 4 is 44.3 Å². The van der Waals surface area contributed by atoms with Gasteiger partial charge in [-0.25, -0.2) is 9.97 Å². The predicted octanol–water partition coefficient (Wildman–Crippen LogP) is 2.42. The Balaban J connectivity index is 1.25. The number of pyridine rings is 1. The average molecular weight is 498 g/mol. The number of anilines is 2. The first-order valence-electron chi connectivity index (χ1n) is 11.4. The molecule has 2 fully saturated rings. The Morgan fingerprint density at radius 3 is 2.40 bits per heavy atom. The maximum atomic E-state index is 13.3. The van der Waals surface area contributed by atoms with Gasteiger partial charge < -0.3 is 28.9 Å². The van der Waals surface area contributed by atoms with Gasteiger partial charge in [-0.15, -0.1) is 0 Å². The van der Waals surface area contributed by atoms with Crippen molar-refractivity contribution in [3.8, 4) is 17.2 Å². The van der Waals surface area contributed by atoms with Gasteiger partial charge in [0.1, 0.15) is 10.3 Å². The number of carbonyl (C=O) groups excluding carboxylic acids is 2. The number of nitrogens with zero attached hydrogens (tertiary/aromatic N) is 5. The van der Waals surface area contributed by atoms with Crippen molar-refractivity contribution in [3.05, 3.63) is 30.5 Å². The summed E-state index contributed by atoms with van der Waals surface area (Å²) in [6, 6.07) is 7.31. The lowest BCUT2D eigenvalue weighted by Gasteiger charge is -2.35. The second-order valence-electron chi connectivity index (χ2n) is 8.43. The third-order valence-corrected chi connectivity index (χ3v) is 7.49. The molecule has 0 bridgehead atoms. The number of hydrogen-bond acceptors (Lipinski definition) is 9. The molecule has 0 saturated carbocycles. The van der Waals surface area contributed by atoms with E-state index in [2.05, 4.69) is 14.9 Å². The van der Waals surface area contributed by atoms with Crippen LogP contribution in [-0.4, -0.2) is 80.7 Å². The van der Waals surface area contributed by atoms with E-state index in [4.69, 9.17) is 14.2 Å². The lowest BCUT2D eigenvalue weighted by molar-refractivity contribution is -0.136. The van der Waals surface area contributed by atoms with Gasteiger partial charge in [-0.3, -0.25) is 9.59 Å². The molecule has 2 saturated heterocycles. The van der Waals surface area contributed by atoms with Crippen LogP contribution in [0.1, 0.15) is 6.42 Å². The Labute approximate surface area is 207 Å². The van der Waals surface area contributed by atoms with Gasteiger partial charge in [0.25, 0.3) is 0 Å². The largest absolute Gasteiger partial charge is 0.493 e. The molecule has 10 nitrogen and oxygen atoms in total. The zero-order chi connectivity index (χ0) is 24.5. The van der Waals surface area contributed by atoms with E-state index in [0.717, 1.165) is 15.5 Å². The van der Waals surface area contributed by atoms with Gasteiger partial charge in [0, 0.05) is 57.5 Å². The summed E-state index contributed by atoms with van der Waals surface area (Å²) in [6.07, 6.45) is 1.95. The minimum Gasteiger partial charge on any atom is -0.493 e. The SMILES string of the molecule is COc1cc(N2CC(C(=O)N3CCN(c4nc5cccnc5s4)CC3)CC2=O)cc(OC)c1OC. The highest BCUT2D eigenvalue weighted by Gasteiger charge is 2.38. The van der Waals surface area contributed by atoms with E-state index in [1.54, 1.807) is 34.6 Å². The standard InChI is InChI=1S/C24H27N5O5S/c1-32-18-12-16(13-19(33-2)21(18)34-3)29-14-15(11-20(29)30)23(31)27-7-9-28(10-8-27)24-26-17-5-4-6-25-22(17)35-24/h4-6,12-13,15H,7-11,14H2,1-3H3. The number of thiazole rings is 1. The second-order valence-corrected chi connectivity index (χ2v) is 9.38. The summed E-state index contributed by atoms with van der Waals surface area (Å²) in [5.41, 5.74) is 1.51. The number of hydrogen-bond donors (Lipinski definition) is 0. The molecule has 184 valence electrons. The summed E-state index contributed by atoms with van der Waals surface area (Å²) in [5, 5.41) is 0.926. The van der Waals surface area contributed by atoms with Crippen molar-refractivity contribution in [2.24, 2.45) is 5.92 Å². The Kier molecular flexibility index (Phi) is 6.33. The van der Waals surface area contributed by atoms with Crippen LogP contribution < -0.4 is 24.0 Å². The van der Waals surface area contributed by atoms with Crippen LogP contribution in [0.5, 0.6) is 17.2 Å². The molecule has 0 N–H and O–H groups in total. The maximum Gasteiger partial charge on any atom is 0.228 e. The predicted molar refractivity (Wildman–Crippen MR) is 133 cm³/mol. The molecule has 0 aliphatic carbocycles. The second kappa shape index (κ2) is 9.57. The van der Waals surface area contributed by atoms with Gasteiger partial charge >= 0.3 is 0 Å². The lowest BCUT2D eigenvalue weighted by atomic mass is 10.1. The molecule has 0 radical (unpaired) electrons. The van der Waals surface area contributed by atoms with E-state index >= 15 is 0 Å². The van der Waals surface area contributed by atoms with Crippen LogP contribution in [0.15, 0.2) is 30.5 Å². The highest BCUT2D eigenvalue weighted by atomic mass is 32.1. The van der Waals surface area contributed by atoms with Crippen LogP contribution in [0.25, 0.3) is 10.3 Å². The zero-order valence-electron chi connectivity index (χ0n) is 19.9. The smallest absolute Gasteiger partial charge is 0.228 e. The topological polar surface area (TPSA) is 97.3 Å². The summed E-state index contributed by atoms with van der Waals surface area (Å²) in [6.45, 7) is 2.90. The molecule has 1 atom stereocenters. The molecule has 2 amide bonds. The summed E-state index contributed by atoms with van der Waals surface area (Å²) >= 11 is 1.56. The normalized spacial score (nSPS) is 18.3. The molecule has 2 aromatic heterocycles. The fourth-order valence-electron chi connectivity index (χ4n) is 4.62. The Morgan fingerprint density at radius 2 is 1.77 bits per heavy atom. The quantitative estimate of drug-likeness (QED) is 0.512. The molecule has 35 heavy (non-hydrogen) atoms. The summed E-state index contributed by atoms with van der Waals surface area (Å²) in [5.74, 6) is 0.910. The number of piperazine rings is 1. The van der Waals surface area contributed by atoms with Crippen LogP contribution in [-0.2, 0) is 9.59 Å². The van der Waals surface area contributed by atoms with Crippen LogP contribution >= 0.6 is 11.3 Å². The summed E-state index contributed by atoms with van der Waals surface area (Å²) in [4.78, 5) is 41.8. The number of rotatable bonds is 6. The number of amides is 2. The van der Waals surface area contributed by atoms with Crippen molar-refractivity contribution in [2.45, 2.75) is 6.42 Å². The molecule has 11 heteroatoms. The van der Waals surface area contributed by atoms with E-state index in [1.807, 2.05) is 17.0 Å². The molecule has 3 aromatic rings. The molecular weight excluding hydrogens is 470 g/mol. The van der Waals surface area contributed by atoms with Crippen molar-refractivity contribution in [1.29, 1.82) is 0 Å². The van der Waals surface area contributed by atoms with Crippen molar-refractivity contribution in [2.75, 3.05) is 63.9 Å². The van der Waals surface area contributed by atoms with Gasteiger partial charge in [0.2, 0.25) is 17.6 Å². The van der Waals surface area contributed by atoms with Crippen LogP contribution in [0.4, 0.5) is 10.8 Å². The van der Waals surface area contributed by atoms with Gasteiger partial charge in [-0.05, 0) is 12.1 Å². The Hall–Kier alpha value is -3.60. The highest BCUT2D eigenvalue weighted by Crippen LogP contribution is 2.42.